The van der Waals surface area contributed by atoms with Gasteiger partial charge in [0.1, 0.15) is 0 Å². The van der Waals surface area contributed by atoms with Crippen molar-refractivity contribution >= 4 is 16.1 Å². The van der Waals surface area contributed by atoms with E-state index in [2.05, 4.69) is 4.98 Å². The van der Waals surface area contributed by atoms with Gasteiger partial charge in [-0.1, -0.05) is 0 Å². The average Bonchev–Trinajstić information content (AvgIpc) is 2.85. The Morgan fingerprint density at radius 3 is 2.58 bits per heavy atom. The molecule has 24 heavy (non-hydrogen) atoms. The van der Waals surface area contributed by atoms with Gasteiger partial charge in [-0.3, -0.25) is 9.78 Å². The van der Waals surface area contributed by atoms with E-state index in [-0.39, 0.29) is 5.91 Å². The van der Waals surface area contributed by atoms with E-state index in [1.54, 1.807) is 12.4 Å². The first kappa shape index (κ1) is 17.3. The van der Waals surface area contributed by atoms with Crippen molar-refractivity contribution in [2.24, 2.45) is 5.41 Å². The van der Waals surface area contributed by atoms with Gasteiger partial charge >= 0.3 is 0 Å². The number of carbonyl (C=O) groups excluding carboxylic acids is 1. The van der Waals surface area contributed by atoms with Crippen molar-refractivity contribution in [3.8, 4) is 0 Å². The van der Waals surface area contributed by atoms with Crippen molar-refractivity contribution in [2.45, 2.75) is 25.8 Å². The molecule has 2 fully saturated rings. The summed E-state index contributed by atoms with van der Waals surface area (Å²) in [7, 11) is -0.414. The number of nitrogens with zero attached hydrogens (tertiary/aromatic N) is 4. The summed E-state index contributed by atoms with van der Waals surface area (Å²) in [4.78, 5) is 18.8. The summed E-state index contributed by atoms with van der Waals surface area (Å²) in [6, 6.07) is 3.81. The molecule has 132 valence electrons. The lowest BCUT2D eigenvalue weighted by molar-refractivity contribution is -0.138. The van der Waals surface area contributed by atoms with E-state index in [1.807, 2.05) is 17.0 Å². The molecule has 2 saturated heterocycles. The first-order valence-corrected chi connectivity index (χ1v) is 9.61. The Hall–Kier alpha value is -1.51. The van der Waals surface area contributed by atoms with Crippen LogP contribution in [-0.4, -0.2) is 66.5 Å². The van der Waals surface area contributed by atoms with E-state index in [1.165, 1.54) is 22.7 Å². The first-order valence-electron chi connectivity index (χ1n) is 8.21. The third kappa shape index (κ3) is 3.05. The van der Waals surface area contributed by atoms with Crippen LogP contribution in [0.5, 0.6) is 0 Å². The number of piperidine rings is 1. The molecule has 2 aliphatic heterocycles. The Bertz CT molecular complexity index is 707. The summed E-state index contributed by atoms with van der Waals surface area (Å²) in [5.41, 5.74) is 0.484. The number of hydrogen-bond acceptors (Lipinski definition) is 4. The minimum Gasteiger partial charge on any atom is -0.338 e. The summed E-state index contributed by atoms with van der Waals surface area (Å²) >= 11 is 0. The number of aromatic nitrogens is 1. The maximum absolute atomic E-state index is 13.0. The van der Waals surface area contributed by atoms with Gasteiger partial charge in [0.2, 0.25) is 5.91 Å². The van der Waals surface area contributed by atoms with Crippen molar-refractivity contribution in [3.63, 3.8) is 0 Å². The highest BCUT2D eigenvalue weighted by atomic mass is 32.2. The Kier molecular flexibility index (Phi) is 4.63. The summed E-state index contributed by atoms with van der Waals surface area (Å²) < 4.78 is 27.5. The number of rotatable bonds is 4. The lowest BCUT2D eigenvalue weighted by Crippen LogP contribution is -2.52. The second-order valence-electron chi connectivity index (χ2n) is 6.84. The summed E-state index contributed by atoms with van der Waals surface area (Å²) in [6.07, 6.45) is 5.64. The lowest BCUT2D eigenvalue weighted by Gasteiger charge is -2.39. The minimum atomic E-state index is -3.48. The van der Waals surface area contributed by atoms with Crippen molar-refractivity contribution in [3.05, 3.63) is 30.1 Å². The Labute approximate surface area is 143 Å². The minimum absolute atomic E-state index is 0.0815. The van der Waals surface area contributed by atoms with Gasteiger partial charge in [-0.05, 0) is 37.0 Å². The van der Waals surface area contributed by atoms with Crippen molar-refractivity contribution < 1.29 is 13.2 Å². The summed E-state index contributed by atoms with van der Waals surface area (Å²) in [5.74, 6) is 0.0815. The van der Waals surface area contributed by atoms with E-state index in [0.717, 1.165) is 24.8 Å². The molecule has 0 bridgehead atoms. The normalized spacial score (nSPS) is 25.8. The topological polar surface area (TPSA) is 73.8 Å². The van der Waals surface area contributed by atoms with Crippen LogP contribution in [0.2, 0.25) is 0 Å². The van der Waals surface area contributed by atoms with Crippen LogP contribution in [0, 0.1) is 5.41 Å². The predicted octanol–water partition coefficient (Wildman–Crippen LogP) is 0.703. The highest BCUT2D eigenvalue weighted by Crippen LogP contribution is 2.41. The zero-order chi connectivity index (χ0) is 17.4. The highest BCUT2D eigenvalue weighted by molar-refractivity contribution is 7.86. The molecule has 2 aliphatic rings. The number of likely N-dealkylation sites (tertiary alicyclic amines) is 1. The van der Waals surface area contributed by atoms with E-state index >= 15 is 0 Å². The highest BCUT2D eigenvalue weighted by Gasteiger charge is 2.50. The van der Waals surface area contributed by atoms with Gasteiger partial charge in [0.15, 0.2) is 0 Å². The molecule has 8 heteroatoms. The standard InChI is InChI=1S/C16H24N4O3S/c1-18(2)24(22,23)20-10-3-6-16(13-20)7-11-19(15(16)21)12-14-4-8-17-9-5-14/h4-5,8-9H,3,6-7,10-13H2,1-2H3. The molecular weight excluding hydrogens is 328 g/mol. The molecule has 1 amide bonds. The van der Waals surface area contributed by atoms with E-state index in [0.29, 0.717) is 26.2 Å². The summed E-state index contributed by atoms with van der Waals surface area (Å²) in [5, 5.41) is 0. The van der Waals surface area contributed by atoms with Gasteiger partial charge in [-0.2, -0.15) is 17.0 Å². The molecule has 0 aromatic carbocycles. The van der Waals surface area contributed by atoms with Gasteiger partial charge in [-0.15, -0.1) is 0 Å². The number of pyridine rings is 1. The van der Waals surface area contributed by atoms with E-state index in [4.69, 9.17) is 0 Å². The van der Waals surface area contributed by atoms with Gasteiger partial charge in [0.25, 0.3) is 10.2 Å². The van der Waals surface area contributed by atoms with Crippen LogP contribution in [0.3, 0.4) is 0 Å². The van der Waals surface area contributed by atoms with Gasteiger partial charge in [0, 0.05) is 52.7 Å². The van der Waals surface area contributed by atoms with Crippen LogP contribution in [0.15, 0.2) is 24.5 Å². The van der Waals surface area contributed by atoms with Crippen LogP contribution < -0.4 is 0 Å². The van der Waals surface area contributed by atoms with Crippen molar-refractivity contribution in [1.82, 2.24) is 18.5 Å². The molecular formula is C16H24N4O3S. The molecule has 7 nitrogen and oxygen atoms in total. The molecule has 0 N–H and O–H groups in total. The van der Waals surface area contributed by atoms with Gasteiger partial charge < -0.3 is 4.90 Å². The summed E-state index contributed by atoms with van der Waals surface area (Å²) in [6.45, 7) is 2.01. The molecule has 1 atom stereocenters. The average molecular weight is 352 g/mol. The smallest absolute Gasteiger partial charge is 0.281 e. The number of amides is 1. The van der Waals surface area contributed by atoms with Crippen LogP contribution >= 0.6 is 0 Å². The molecule has 1 spiro atoms. The van der Waals surface area contributed by atoms with E-state index < -0.39 is 15.6 Å². The van der Waals surface area contributed by atoms with Gasteiger partial charge in [0.05, 0.1) is 5.41 Å². The molecule has 0 radical (unpaired) electrons. The zero-order valence-corrected chi connectivity index (χ0v) is 15.0. The molecule has 1 unspecified atom stereocenters. The van der Waals surface area contributed by atoms with Crippen molar-refractivity contribution in [1.29, 1.82) is 0 Å². The van der Waals surface area contributed by atoms with Crippen LogP contribution in [0.1, 0.15) is 24.8 Å². The number of hydrogen-bond donors (Lipinski definition) is 0. The Balaban J connectivity index is 1.75. The Morgan fingerprint density at radius 1 is 1.21 bits per heavy atom. The lowest BCUT2D eigenvalue weighted by atomic mass is 9.79. The number of carbonyl (C=O) groups is 1. The second kappa shape index (κ2) is 6.42. The maximum atomic E-state index is 13.0. The van der Waals surface area contributed by atoms with E-state index in [9.17, 15) is 13.2 Å². The maximum Gasteiger partial charge on any atom is 0.281 e. The Morgan fingerprint density at radius 2 is 1.92 bits per heavy atom. The van der Waals surface area contributed by atoms with Crippen LogP contribution in [-0.2, 0) is 21.5 Å². The molecule has 0 aliphatic carbocycles. The predicted molar refractivity (Wildman–Crippen MR) is 90.1 cm³/mol. The molecule has 3 rings (SSSR count). The first-order chi connectivity index (χ1) is 11.3. The monoisotopic (exact) mass is 352 g/mol. The van der Waals surface area contributed by atoms with Crippen LogP contribution in [0.4, 0.5) is 0 Å². The van der Waals surface area contributed by atoms with Crippen molar-refractivity contribution in [2.75, 3.05) is 33.7 Å². The third-order valence-corrected chi connectivity index (χ3v) is 6.94. The second-order valence-corrected chi connectivity index (χ2v) is 8.98. The van der Waals surface area contributed by atoms with Crippen LogP contribution in [0.25, 0.3) is 0 Å². The third-order valence-electron chi connectivity index (χ3n) is 5.05. The fourth-order valence-corrected chi connectivity index (χ4v) is 4.88. The molecule has 1 aromatic rings. The SMILES string of the molecule is CN(C)S(=O)(=O)N1CCCC2(CCN(Cc3ccncc3)C2=O)C1. The molecule has 3 heterocycles. The quantitative estimate of drug-likeness (QED) is 0.800. The fraction of sp³-hybridized carbons (Fsp3) is 0.625. The largest absolute Gasteiger partial charge is 0.338 e. The molecule has 1 aromatic heterocycles. The fourth-order valence-electron chi connectivity index (χ4n) is 3.65. The van der Waals surface area contributed by atoms with Gasteiger partial charge in [-0.25, -0.2) is 0 Å². The zero-order valence-electron chi connectivity index (χ0n) is 14.2. The molecule has 0 saturated carbocycles.